The summed E-state index contributed by atoms with van der Waals surface area (Å²) in [6.45, 7) is 10.2. The molecule has 3 rings (SSSR count). The zero-order valence-corrected chi connectivity index (χ0v) is 20.9. The van der Waals surface area contributed by atoms with E-state index in [1.165, 1.54) is 11.3 Å². The molecule has 0 saturated heterocycles. The van der Waals surface area contributed by atoms with Gasteiger partial charge in [-0.1, -0.05) is 32.0 Å². The molecule has 2 aromatic heterocycles. The molecular formula is C25H35N3O4S. The number of thiophene rings is 1. The number of fused-ring (bicyclic) bond motifs is 1. The number of nitrogens with zero attached hydrogens (tertiary/aromatic N) is 2. The topological polar surface area (TPSA) is 87.7 Å². The van der Waals surface area contributed by atoms with Crippen molar-refractivity contribution in [2.45, 2.75) is 52.9 Å². The Kier molecular flexibility index (Phi) is 9.02. The van der Waals surface area contributed by atoms with Gasteiger partial charge in [-0.05, 0) is 38.8 Å². The summed E-state index contributed by atoms with van der Waals surface area (Å²) in [6, 6.07) is 7.67. The quantitative estimate of drug-likeness (QED) is 0.408. The zero-order valence-electron chi connectivity index (χ0n) is 20.1. The molecule has 2 heterocycles. The van der Waals surface area contributed by atoms with Crippen LogP contribution in [0, 0.1) is 5.92 Å². The molecule has 0 spiro atoms. The maximum absolute atomic E-state index is 13.1. The van der Waals surface area contributed by atoms with Crippen LogP contribution >= 0.6 is 11.3 Å². The van der Waals surface area contributed by atoms with Crippen molar-refractivity contribution in [3.8, 4) is 16.9 Å². The summed E-state index contributed by atoms with van der Waals surface area (Å²) in [6.07, 6.45) is 0.454. The lowest BCUT2D eigenvalue weighted by Crippen LogP contribution is -2.37. The number of rotatable bonds is 12. The van der Waals surface area contributed by atoms with Crippen molar-refractivity contribution in [1.82, 2.24) is 14.9 Å². The maximum atomic E-state index is 13.1. The zero-order chi connectivity index (χ0) is 24.0. The average Bonchev–Trinajstić information content (AvgIpc) is 3.20. The molecule has 0 saturated carbocycles. The predicted molar refractivity (Wildman–Crippen MR) is 134 cm³/mol. The fourth-order valence-electron chi connectivity index (χ4n) is 3.68. The van der Waals surface area contributed by atoms with Crippen LogP contribution in [0.3, 0.4) is 0 Å². The first-order valence-corrected chi connectivity index (χ1v) is 12.3. The minimum atomic E-state index is -0.603. The number of hydrogen-bond acceptors (Lipinski definition) is 7. The fraction of sp³-hybridized carbons (Fsp3) is 0.520. The largest absolute Gasteiger partial charge is 0.496 e. The molecule has 0 aliphatic rings. The fourth-order valence-corrected chi connectivity index (χ4v) is 4.63. The van der Waals surface area contributed by atoms with Crippen molar-refractivity contribution >= 4 is 21.6 Å². The molecule has 0 fully saturated rings. The number of hydrogen-bond donors (Lipinski definition) is 2. The smallest absolute Gasteiger partial charge is 0.260 e. The number of methoxy groups -OCH3 is 1. The van der Waals surface area contributed by atoms with Gasteiger partial charge in [0.05, 0.1) is 37.9 Å². The molecule has 8 heteroatoms. The van der Waals surface area contributed by atoms with Crippen molar-refractivity contribution in [1.29, 1.82) is 0 Å². The van der Waals surface area contributed by atoms with E-state index in [1.54, 1.807) is 7.11 Å². The molecular weight excluding hydrogens is 438 g/mol. The monoisotopic (exact) mass is 473 g/mol. The third-order valence-corrected chi connectivity index (χ3v) is 6.25. The predicted octanol–water partition coefficient (Wildman–Crippen LogP) is 4.29. The number of para-hydroxylation sites is 1. The molecule has 7 nitrogen and oxygen atoms in total. The Balaban J connectivity index is 1.85. The Bertz CT molecular complexity index is 1090. The molecule has 1 aromatic carbocycles. The molecule has 0 aliphatic heterocycles. The highest BCUT2D eigenvalue weighted by Crippen LogP contribution is 2.36. The summed E-state index contributed by atoms with van der Waals surface area (Å²) in [7, 11) is 1.63. The van der Waals surface area contributed by atoms with Gasteiger partial charge in [-0.3, -0.25) is 9.69 Å². The third kappa shape index (κ3) is 6.86. The molecule has 180 valence electrons. The standard InChI is InChI=1S/C25H35N3O4S/c1-16(2)10-11-28(12-18(29)14-32-17(3)4)13-22-26-24(30)23-20(15-33-25(23)27-22)19-8-6-7-9-21(19)31-5/h6-9,15-18,29H,10-14H2,1-5H3,(H,26,27,30). The molecule has 1 atom stereocenters. The van der Waals surface area contributed by atoms with Gasteiger partial charge in [0.2, 0.25) is 0 Å². The Labute approximate surface area is 199 Å². The van der Waals surface area contributed by atoms with Crippen LogP contribution in [0.1, 0.15) is 39.9 Å². The van der Waals surface area contributed by atoms with Gasteiger partial charge >= 0.3 is 0 Å². The lowest BCUT2D eigenvalue weighted by Gasteiger charge is -2.25. The van der Waals surface area contributed by atoms with Gasteiger partial charge in [0, 0.05) is 23.1 Å². The van der Waals surface area contributed by atoms with Crippen molar-refractivity contribution in [2.75, 3.05) is 26.8 Å². The van der Waals surface area contributed by atoms with Crippen molar-refractivity contribution in [3.63, 3.8) is 0 Å². The minimum absolute atomic E-state index is 0.0699. The van der Waals surface area contributed by atoms with E-state index in [0.29, 0.717) is 35.0 Å². The van der Waals surface area contributed by atoms with Crippen LogP contribution in [-0.2, 0) is 11.3 Å². The molecule has 3 aromatic rings. The van der Waals surface area contributed by atoms with Gasteiger partial charge in [-0.15, -0.1) is 11.3 Å². The van der Waals surface area contributed by atoms with E-state index in [1.807, 2.05) is 43.5 Å². The van der Waals surface area contributed by atoms with Crippen LogP contribution in [0.15, 0.2) is 34.4 Å². The van der Waals surface area contributed by atoms with Crippen molar-refractivity contribution in [2.24, 2.45) is 5.92 Å². The average molecular weight is 474 g/mol. The van der Waals surface area contributed by atoms with Crippen LogP contribution in [0.5, 0.6) is 5.75 Å². The first-order chi connectivity index (χ1) is 15.8. The third-order valence-electron chi connectivity index (χ3n) is 5.38. The summed E-state index contributed by atoms with van der Waals surface area (Å²) in [4.78, 5) is 23.6. The van der Waals surface area contributed by atoms with Crippen molar-refractivity contribution < 1.29 is 14.6 Å². The Hall–Kier alpha value is -2.26. The first kappa shape index (κ1) is 25.4. The van der Waals surface area contributed by atoms with Gasteiger partial charge in [0.25, 0.3) is 5.56 Å². The number of ether oxygens (including phenoxy) is 2. The molecule has 0 bridgehead atoms. The van der Waals surface area contributed by atoms with Crippen LogP contribution in [0.25, 0.3) is 21.3 Å². The molecule has 2 N–H and O–H groups in total. The molecule has 1 unspecified atom stereocenters. The molecule has 0 aliphatic carbocycles. The van der Waals surface area contributed by atoms with Crippen LogP contribution in [0.4, 0.5) is 0 Å². The SMILES string of the molecule is COc1ccccc1-c1csc2nc(CN(CCC(C)C)CC(O)COC(C)C)[nH]c(=O)c12. The lowest BCUT2D eigenvalue weighted by molar-refractivity contribution is -0.0103. The molecule has 33 heavy (non-hydrogen) atoms. The van der Waals surface area contributed by atoms with E-state index < -0.39 is 6.10 Å². The summed E-state index contributed by atoms with van der Waals surface area (Å²) < 4.78 is 11.0. The second-order valence-electron chi connectivity index (χ2n) is 9.00. The number of nitrogens with one attached hydrogen (secondary N) is 1. The Morgan fingerprint density at radius 3 is 2.64 bits per heavy atom. The number of aliphatic hydroxyl groups is 1. The first-order valence-electron chi connectivity index (χ1n) is 11.4. The van der Waals surface area contributed by atoms with Crippen LogP contribution in [0.2, 0.25) is 0 Å². The van der Waals surface area contributed by atoms with E-state index >= 15 is 0 Å². The number of aromatic amines is 1. The number of benzene rings is 1. The van der Waals surface area contributed by atoms with Crippen molar-refractivity contribution in [3.05, 3.63) is 45.8 Å². The van der Waals surface area contributed by atoms with E-state index in [2.05, 4.69) is 23.7 Å². The van der Waals surface area contributed by atoms with Gasteiger partial charge in [0.1, 0.15) is 16.4 Å². The van der Waals surface area contributed by atoms with E-state index in [-0.39, 0.29) is 18.3 Å². The van der Waals surface area contributed by atoms with Gasteiger partial charge in [-0.25, -0.2) is 4.98 Å². The highest BCUT2D eigenvalue weighted by molar-refractivity contribution is 7.17. The molecule has 0 amide bonds. The maximum Gasteiger partial charge on any atom is 0.260 e. The Morgan fingerprint density at radius 1 is 1.18 bits per heavy atom. The number of H-pyrrole nitrogens is 1. The number of aromatic nitrogens is 2. The second-order valence-corrected chi connectivity index (χ2v) is 9.85. The van der Waals surface area contributed by atoms with Crippen LogP contribution in [-0.4, -0.2) is 59.0 Å². The van der Waals surface area contributed by atoms with Gasteiger partial charge < -0.3 is 19.6 Å². The highest BCUT2D eigenvalue weighted by Gasteiger charge is 2.18. The normalized spacial score (nSPS) is 12.9. The summed E-state index contributed by atoms with van der Waals surface area (Å²) in [5, 5.41) is 13.0. The summed E-state index contributed by atoms with van der Waals surface area (Å²) in [5.74, 6) is 1.85. The van der Waals surface area contributed by atoms with Crippen LogP contribution < -0.4 is 10.3 Å². The molecule has 0 radical (unpaired) electrons. The highest BCUT2D eigenvalue weighted by atomic mass is 32.1. The second kappa shape index (κ2) is 11.7. The lowest BCUT2D eigenvalue weighted by atomic mass is 10.1. The van der Waals surface area contributed by atoms with Gasteiger partial charge in [0.15, 0.2) is 0 Å². The van der Waals surface area contributed by atoms with E-state index in [9.17, 15) is 9.90 Å². The Morgan fingerprint density at radius 2 is 1.94 bits per heavy atom. The van der Waals surface area contributed by atoms with E-state index in [4.69, 9.17) is 14.5 Å². The summed E-state index contributed by atoms with van der Waals surface area (Å²) >= 11 is 1.45. The summed E-state index contributed by atoms with van der Waals surface area (Å²) in [5.41, 5.74) is 1.54. The minimum Gasteiger partial charge on any atom is -0.496 e. The van der Waals surface area contributed by atoms with E-state index in [0.717, 1.165) is 29.8 Å². The van der Waals surface area contributed by atoms with Gasteiger partial charge in [-0.2, -0.15) is 0 Å². The number of aliphatic hydroxyl groups excluding tert-OH is 1.